The minimum absolute atomic E-state index is 0.464. The van der Waals surface area contributed by atoms with Crippen LogP contribution in [0.2, 0.25) is 5.02 Å². The number of thioether (sulfide) groups is 1. The fourth-order valence-electron chi connectivity index (χ4n) is 3.14. The van der Waals surface area contributed by atoms with Crippen LogP contribution < -0.4 is 5.43 Å². The van der Waals surface area contributed by atoms with Gasteiger partial charge in [0.25, 0.3) is 5.95 Å². The number of benzene rings is 3. The molecule has 1 aliphatic heterocycles. The molecule has 0 fully saturated rings. The zero-order valence-electron chi connectivity index (χ0n) is 16.3. The first-order chi connectivity index (χ1) is 15.3. The number of nitrogens with zero attached hydrogens (tertiary/aromatic N) is 5. The van der Waals surface area contributed by atoms with E-state index in [4.69, 9.17) is 11.6 Å². The Hall–Kier alpha value is -3.42. The van der Waals surface area contributed by atoms with Gasteiger partial charge in [-0.1, -0.05) is 90.1 Å². The molecule has 1 aliphatic rings. The van der Waals surface area contributed by atoms with Crippen molar-refractivity contribution in [2.75, 3.05) is 11.2 Å². The number of aromatic nitrogens is 3. The second-order valence-electron chi connectivity index (χ2n) is 6.82. The fraction of sp³-hybridized carbons (Fsp3) is 0.0435. The fourth-order valence-corrected chi connectivity index (χ4v) is 4.10. The number of anilines is 1. The Kier molecular flexibility index (Phi) is 5.52. The summed E-state index contributed by atoms with van der Waals surface area (Å²) in [7, 11) is 0. The molecule has 0 saturated carbocycles. The molecule has 2 heterocycles. The first kappa shape index (κ1) is 19.5. The van der Waals surface area contributed by atoms with Gasteiger partial charge in [0.05, 0.1) is 11.9 Å². The van der Waals surface area contributed by atoms with E-state index in [9.17, 15) is 0 Å². The van der Waals surface area contributed by atoms with Crippen molar-refractivity contribution in [2.24, 2.45) is 10.2 Å². The molecule has 1 aromatic heterocycles. The molecule has 152 valence electrons. The minimum atomic E-state index is 0.464. The van der Waals surface area contributed by atoms with E-state index in [0.29, 0.717) is 11.0 Å². The summed E-state index contributed by atoms with van der Waals surface area (Å²) in [5.41, 5.74) is 8.22. The third kappa shape index (κ3) is 4.38. The van der Waals surface area contributed by atoms with Crippen LogP contribution in [0.15, 0.2) is 94.2 Å². The molecular weight excluding hydrogens is 428 g/mol. The number of nitrogens with one attached hydrogen (secondary N) is 1. The standard InChI is InChI=1S/C23H17ClN6S/c24-20-12-10-19(11-13-20)21-15-31-23-28-27-22(30(23)29-21)26-25-14-16-6-8-18(9-7-16)17-4-2-1-3-5-17/h1-14H,15H2,(H,26,27)/b25-14+. The molecule has 31 heavy (non-hydrogen) atoms. The van der Waals surface area contributed by atoms with Gasteiger partial charge < -0.3 is 0 Å². The van der Waals surface area contributed by atoms with Crippen LogP contribution in [0.3, 0.4) is 0 Å². The van der Waals surface area contributed by atoms with Gasteiger partial charge >= 0.3 is 0 Å². The van der Waals surface area contributed by atoms with E-state index in [1.165, 1.54) is 11.1 Å². The van der Waals surface area contributed by atoms with Gasteiger partial charge in [0.2, 0.25) is 5.16 Å². The first-order valence-electron chi connectivity index (χ1n) is 9.63. The van der Waals surface area contributed by atoms with Crippen LogP contribution in [0, 0.1) is 0 Å². The number of hydrogen-bond acceptors (Lipinski definition) is 6. The Labute approximate surface area is 188 Å². The molecule has 0 saturated heterocycles. The molecule has 0 aliphatic carbocycles. The van der Waals surface area contributed by atoms with Gasteiger partial charge in [0, 0.05) is 10.8 Å². The zero-order valence-corrected chi connectivity index (χ0v) is 17.9. The normalized spacial score (nSPS) is 13.1. The first-order valence-corrected chi connectivity index (χ1v) is 11.0. The molecule has 0 spiro atoms. The van der Waals surface area contributed by atoms with Crippen molar-refractivity contribution in [3.05, 3.63) is 95.0 Å². The smallest absolute Gasteiger partial charge is 0.244 e. The van der Waals surface area contributed by atoms with Crippen molar-refractivity contribution >= 4 is 41.2 Å². The van der Waals surface area contributed by atoms with Gasteiger partial charge in [-0.15, -0.1) is 10.2 Å². The number of halogens is 1. The van der Waals surface area contributed by atoms with Crippen LogP contribution in [0.4, 0.5) is 5.95 Å². The lowest BCUT2D eigenvalue weighted by Crippen LogP contribution is -2.14. The third-order valence-electron chi connectivity index (χ3n) is 4.74. The third-order valence-corrected chi connectivity index (χ3v) is 5.93. The summed E-state index contributed by atoms with van der Waals surface area (Å²) in [6, 6.07) is 26.1. The maximum atomic E-state index is 5.99. The maximum absolute atomic E-state index is 5.99. The largest absolute Gasteiger partial charge is 0.266 e. The van der Waals surface area contributed by atoms with E-state index in [2.05, 4.69) is 50.1 Å². The van der Waals surface area contributed by atoms with Crippen LogP contribution in [-0.4, -0.2) is 32.6 Å². The quantitative estimate of drug-likeness (QED) is 0.330. The van der Waals surface area contributed by atoms with E-state index in [0.717, 1.165) is 27.7 Å². The van der Waals surface area contributed by atoms with E-state index in [1.807, 2.05) is 54.6 Å². The molecule has 3 aromatic carbocycles. The summed E-state index contributed by atoms with van der Waals surface area (Å²) < 4.78 is 1.67. The average molecular weight is 445 g/mol. The molecule has 0 bridgehead atoms. The van der Waals surface area contributed by atoms with Crippen molar-refractivity contribution < 1.29 is 0 Å². The predicted octanol–water partition coefficient (Wildman–Crippen LogP) is 5.40. The van der Waals surface area contributed by atoms with Gasteiger partial charge in [-0.05, 0) is 34.4 Å². The average Bonchev–Trinajstić information content (AvgIpc) is 3.23. The summed E-state index contributed by atoms with van der Waals surface area (Å²) in [5.74, 6) is 1.18. The van der Waals surface area contributed by atoms with Crippen molar-refractivity contribution in [2.45, 2.75) is 5.16 Å². The minimum Gasteiger partial charge on any atom is -0.244 e. The van der Waals surface area contributed by atoms with Crippen molar-refractivity contribution in [3.8, 4) is 11.1 Å². The Morgan fingerprint density at radius 2 is 1.58 bits per heavy atom. The molecule has 5 rings (SSSR count). The molecule has 6 nitrogen and oxygen atoms in total. The van der Waals surface area contributed by atoms with Gasteiger partial charge in [-0.2, -0.15) is 14.9 Å². The Bertz CT molecular complexity index is 1250. The summed E-state index contributed by atoms with van der Waals surface area (Å²) in [4.78, 5) is 0. The lowest BCUT2D eigenvalue weighted by atomic mass is 10.0. The van der Waals surface area contributed by atoms with Crippen LogP contribution in [0.5, 0.6) is 0 Å². The zero-order chi connectivity index (χ0) is 21.0. The lowest BCUT2D eigenvalue weighted by Gasteiger charge is -2.13. The molecule has 0 unspecified atom stereocenters. The molecule has 0 amide bonds. The van der Waals surface area contributed by atoms with Gasteiger partial charge in [0.1, 0.15) is 0 Å². The van der Waals surface area contributed by atoms with Crippen LogP contribution >= 0.6 is 23.4 Å². The van der Waals surface area contributed by atoms with Crippen molar-refractivity contribution in [3.63, 3.8) is 0 Å². The summed E-state index contributed by atoms with van der Waals surface area (Å²) in [6.45, 7) is 0. The summed E-state index contributed by atoms with van der Waals surface area (Å²) >= 11 is 7.57. The van der Waals surface area contributed by atoms with Gasteiger partial charge in [-0.3, -0.25) is 0 Å². The highest BCUT2D eigenvalue weighted by Crippen LogP contribution is 2.26. The van der Waals surface area contributed by atoms with E-state index < -0.39 is 0 Å². The molecule has 4 aromatic rings. The number of rotatable bonds is 5. The maximum Gasteiger partial charge on any atom is 0.266 e. The highest BCUT2D eigenvalue weighted by atomic mass is 35.5. The molecule has 0 radical (unpaired) electrons. The Morgan fingerprint density at radius 1 is 0.871 bits per heavy atom. The van der Waals surface area contributed by atoms with Crippen LogP contribution in [0.1, 0.15) is 11.1 Å². The van der Waals surface area contributed by atoms with Gasteiger partial charge in [-0.25, -0.2) is 5.43 Å². The van der Waals surface area contributed by atoms with Crippen molar-refractivity contribution in [1.29, 1.82) is 0 Å². The Morgan fingerprint density at radius 3 is 2.35 bits per heavy atom. The highest BCUT2D eigenvalue weighted by molar-refractivity contribution is 7.99. The second-order valence-corrected chi connectivity index (χ2v) is 8.20. The highest BCUT2D eigenvalue weighted by Gasteiger charge is 2.19. The van der Waals surface area contributed by atoms with Crippen LogP contribution in [-0.2, 0) is 0 Å². The van der Waals surface area contributed by atoms with E-state index in [-0.39, 0.29) is 0 Å². The summed E-state index contributed by atoms with van der Waals surface area (Å²) in [5, 5.41) is 18.8. The second kappa shape index (κ2) is 8.75. The monoisotopic (exact) mass is 444 g/mol. The van der Waals surface area contributed by atoms with Gasteiger partial charge in [0.15, 0.2) is 0 Å². The Balaban J connectivity index is 1.31. The SMILES string of the molecule is Clc1ccc(C2=Nn3c(N/N=C/c4ccc(-c5ccccc5)cc4)nnc3SC2)cc1. The molecular formula is C23H17ClN6S. The molecule has 1 N–H and O–H groups in total. The van der Waals surface area contributed by atoms with E-state index >= 15 is 0 Å². The number of fused-ring (bicyclic) bond motifs is 1. The predicted molar refractivity (Wildman–Crippen MR) is 127 cm³/mol. The van der Waals surface area contributed by atoms with E-state index in [1.54, 1.807) is 22.7 Å². The molecule has 0 atom stereocenters. The topological polar surface area (TPSA) is 67.5 Å². The molecule has 8 heteroatoms. The van der Waals surface area contributed by atoms with Crippen LogP contribution in [0.25, 0.3) is 11.1 Å². The van der Waals surface area contributed by atoms with Crippen molar-refractivity contribution in [1.82, 2.24) is 14.9 Å². The lowest BCUT2D eigenvalue weighted by molar-refractivity contribution is 0.760. The number of hydrazone groups is 1. The number of hydrogen-bond donors (Lipinski definition) is 1. The summed E-state index contributed by atoms with van der Waals surface area (Å²) in [6.07, 6.45) is 1.75.